The number of benzene rings is 1. The molecular formula is C13H20ClNO2. The Kier molecular flexibility index (Phi) is 5.59. The molecule has 0 amide bonds. The predicted octanol–water partition coefficient (Wildman–Crippen LogP) is 3.55. The van der Waals surface area contributed by atoms with Crippen molar-refractivity contribution in [2.75, 3.05) is 13.2 Å². The molecule has 0 fully saturated rings. The van der Waals surface area contributed by atoms with Crippen molar-refractivity contribution in [3.05, 3.63) is 22.7 Å². The van der Waals surface area contributed by atoms with E-state index in [-0.39, 0.29) is 6.04 Å². The van der Waals surface area contributed by atoms with Crippen LogP contribution in [0.4, 0.5) is 0 Å². The minimum absolute atomic E-state index is 0.0719. The topological polar surface area (TPSA) is 44.5 Å². The van der Waals surface area contributed by atoms with E-state index >= 15 is 0 Å². The highest BCUT2D eigenvalue weighted by molar-refractivity contribution is 6.31. The molecule has 4 heteroatoms. The summed E-state index contributed by atoms with van der Waals surface area (Å²) in [7, 11) is 0. The third-order valence-corrected chi connectivity index (χ3v) is 2.83. The average molecular weight is 258 g/mol. The van der Waals surface area contributed by atoms with Gasteiger partial charge in [-0.1, -0.05) is 18.5 Å². The highest BCUT2D eigenvalue weighted by Crippen LogP contribution is 2.36. The third-order valence-electron chi connectivity index (χ3n) is 2.50. The van der Waals surface area contributed by atoms with E-state index in [0.29, 0.717) is 29.7 Å². The van der Waals surface area contributed by atoms with Crippen LogP contribution in [0.3, 0.4) is 0 Å². The molecule has 3 nitrogen and oxygen atoms in total. The molecule has 2 N–H and O–H groups in total. The standard InChI is InChI=1S/C13H20ClNO2/c1-4-11(15)9-7-12(16-5-2)13(17-6-3)8-10(9)14/h7-8,11H,4-6,15H2,1-3H3/t11-/m0/s1. The van der Waals surface area contributed by atoms with Crippen LogP contribution < -0.4 is 15.2 Å². The van der Waals surface area contributed by atoms with Crippen LogP contribution in [0.1, 0.15) is 38.8 Å². The van der Waals surface area contributed by atoms with Crippen LogP contribution in [0.15, 0.2) is 12.1 Å². The Labute approximate surface area is 108 Å². The summed E-state index contributed by atoms with van der Waals surface area (Å²) in [5.41, 5.74) is 6.91. The van der Waals surface area contributed by atoms with Gasteiger partial charge in [-0.2, -0.15) is 0 Å². The fourth-order valence-electron chi connectivity index (χ4n) is 1.59. The zero-order valence-corrected chi connectivity index (χ0v) is 11.4. The lowest BCUT2D eigenvalue weighted by Gasteiger charge is -2.17. The first-order chi connectivity index (χ1) is 8.13. The van der Waals surface area contributed by atoms with E-state index in [1.807, 2.05) is 26.8 Å². The van der Waals surface area contributed by atoms with Gasteiger partial charge in [0.2, 0.25) is 0 Å². The number of hydrogen-bond acceptors (Lipinski definition) is 3. The van der Waals surface area contributed by atoms with Crippen molar-refractivity contribution >= 4 is 11.6 Å². The second-order valence-corrected chi connectivity index (χ2v) is 4.11. The molecule has 17 heavy (non-hydrogen) atoms. The summed E-state index contributed by atoms with van der Waals surface area (Å²) in [6, 6.07) is 3.59. The first kappa shape index (κ1) is 14.1. The van der Waals surface area contributed by atoms with Crippen LogP contribution in [-0.4, -0.2) is 13.2 Å². The molecule has 1 aromatic carbocycles. The first-order valence-electron chi connectivity index (χ1n) is 5.98. The van der Waals surface area contributed by atoms with Crippen molar-refractivity contribution in [1.82, 2.24) is 0 Å². The molecule has 96 valence electrons. The third kappa shape index (κ3) is 3.51. The molecule has 0 heterocycles. The van der Waals surface area contributed by atoms with E-state index < -0.39 is 0 Å². The van der Waals surface area contributed by atoms with Crippen molar-refractivity contribution in [3.8, 4) is 11.5 Å². The lowest BCUT2D eigenvalue weighted by Crippen LogP contribution is -2.10. The van der Waals surface area contributed by atoms with Crippen molar-refractivity contribution in [2.24, 2.45) is 5.73 Å². The van der Waals surface area contributed by atoms with Crippen molar-refractivity contribution < 1.29 is 9.47 Å². The molecule has 0 aliphatic rings. The Morgan fingerprint density at radius 3 is 2.12 bits per heavy atom. The van der Waals surface area contributed by atoms with Gasteiger partial charge in [-0.25, -0.2) is 0 Å². The molecule has 0 aliphatic carbocycles. The smallest absolute Gasteiger partial charge is 0.162 e. The highest BCUT2D eigenvalue weighted by Gasteiger charge is 2.14. The fourth-order valence-corrected chi connectivity index (χ4v) is 1.89. The van der Waals surface area contributed by atoms with E-state index in [2.05, 4.69) is 0 Å². The average Bonchev–Trinajstić information content (AvgIpc) is 2.32. The molecule has 0 saturated heterocycles. The van der Waals surface area contributed by atoms with Crippen molar-refractivity contribution in [3.63, 3.8) is 0 Å². The van der Waals surface area contributed by atoms with Gasteiger partial charge < -0.3 is 15.2 Å². The maximum Gasteiger partial charge on any atom is 0.162 e. The van der Waals surface area contributed by atoms with Crippen LogP contribution in [0, 0.1) is 0 Å². The number of nitrogens with two attached hydrogens (primary N) is 1. The molecular weight excluding hydrogens is 238 g/mol. The fraction of sp³-hybridized carbons (Fsp3) is 0.538. The molecule has 0 spiro atoms. The summed E-state index contributed by atoms with van der Waals surface area (Å²) in [4.78, 5) is 0. The van der Waals surface area contributed by atoms with Gasteiger partial charge in [0.05, 0.1) is 13.2 Å². The summed E-state index contributed by atoms with van der Waals surface area (Å²) in [6.07, 6.45) is 0.833. The van der Waals surface area contributed by atoms with Crippen LogP contribution in [0.5, 0.6) is 11.5 Å². The lowest BCUT2D eigenvalue weighted by atomic mass is 10.0. The minimum atomic E-state index is -0.0719. The van der Waals surface area contributed by atoms with Gasteiger partial charge >= 0.3 is 0 Å². The SMILES string of the molecule is CCOc1cc(Cl)c([C@@H](N)CC)cc1OCC. The second-order valence-electron chi connectivity index (χ2n) is 3.70. The maximum atomic E-state index is 6.20. The zero-order valence-electron chi connectivity index (χ0n) is 10.6. The van der Waals surface area contributed by atoms with Gasteiger partial charge in [0.15, 0.2) is 11.5 Å². The van der Waals surface area contributed by atoms with E-state index in [9.17, 15) is 0 Å². The number of rotatable bonds is 6. The molecule has 0 aliphatic heterocycles. The normalized spacial score (nSPS) is 12.3. The van der Waals surface area contributed by atoms with Crippen LogP contribution in [0.2, 0.25) is 5.02 Å². The highest BCUT2D eigenvalue weighted by atomic mass is 35.5. The van der Waals surface area contributed by atoms with Gasteiger partial charge in [-0.05, 0) is 31.9 Å². The molecule has 0 bridgehead atoms. The van der Waals surface area contributed by atoms with Gasteiger partial charge in [-0.3, -0.25) is 0 Å². The molecule has 1 rings (SSSR count). The van der Waals surface area contributed by atoms with Gasteiger partial charge in [0, 0.05) is 17.1 Å². The number of hydrogen-bond donors (Lipinski definition) is 1. The van der Waals surface area contributed by atoms with Crippen LogP contribution in [0.25, 0.3) is 0 Å². The summed E-state index contributed by atoms with van der Waals surface area (Å²) >= 11 is 6.20. The number of ether oxygens (including phenoxy) is 2. The van der Waals surface area contributed by atoms with Crippen molar-refractivity contribution in [1.29, 1.82) is 0 Å². The predicted molar refractivity (Wildman–Crippen MR) is 71.0 cm³/mol. The van der Waals surface area contributed by atoms with Crippen LogP contribution in [-0.2, 0) is 0 Å². The Morgan fingerprint density at radius 1 is 1.12 bits per heavy atom. The summed E-state index contributed by atoms with van der Waals surface area (Å²) < 4.78 is 11.0. The Hall–Kier alpha value is -0.930. The number of halogens is 1. The van der Waals surface area contributed by atoms with Crippen molar-refractivity contribution in [2.45, 2.75) is 33.2 Å². The maximum absolute atomic E-state index is 6.20. The minimum Gasteiger partial charge on any atom is -0.490 e. The summed E-state index contributed by atoms with van der Waals surface area (Å²) in [5.74, 6) is 1.38. The quantitative estimate of drug-likeness (QED) is 0.848. The largest absolute Gasteiger partial charge is 0.490 e. The van der Waals surface area contributed by atoms with Crippen LogP contribution >= 0.6 is 11.6 Å². The Morgan fingerprint density at radius 2 is 1.65 bits per heavy atom. The zero-order chi connectivity index (χ0) is 12.8. The van der Waals surface area contributed by atoms with Gasteiger partial charge in [0.1, 0.15) is 0 Å². The molecule has 0 radical (unpaired) electrons. The first-order valence-corrected chi connectivity index (χ1v) is 6.36. The van der Waals surface area contributed by atoms with Gasteiger partial charge in [-0.15, -0.1) is 0 Å². The summed E-state index contributed by atoms with van der Waals surface area (Å²) in [5, 5.41) is 0.631. The monoisotopic (exact) mass is 257 g/mol. The Balaban J connectivity index is 3.14. The lowest BCUT2D eigenvalue weighted by molar-refractivity contribution is 0.287. The molecule has 0 aromatic heterocycles. The molecule has 1 atom stereocenters. The summed E-state index contributed by atoms with van der Waals surface area (Å²) in [6.45, 7) is 7.05. The van der Waals surface area contributed by atoms with E-state index in [0.717, 1.165) is 12.0 Å². The second kappa shape index (κ2) is 6.72. The van der Waals surface area contributed by atoms with E-state index in [1.165, 1.54) is 0 Å². The van der Waals surface area contributed by atoms with E-state index in [1.54, 1.807) is 6.07 Å². The Bertz CT molecular complexity index is 369. The molecule has 0 unspecified atom stereocenters. The van der Waals surface area contributed by atoms with Gasteiger partial charge in [0.25, 0.3) is 0 Å². The molecule has 1 aromatic rings. The van der Waals surface area contributed by atoms with E-state index in [4.69, 9.17) is 26.8 Å². The molecule has 0 saturated carbocycles.